The van der Waals surface area contributed by atoms with Crippen molar-refractivity contribution in [2.75, 3.05) is 23.7 Å². The van der Waals surface area contributed by atoms with Crippen LogP contribution in [0.15, 0.2) is 30.5 Å². The second kappa shape index (κ2) is 13.3. The molecule has 3 heterocycles. The molecule has 230 valence electrons. The van der Waals surface area contributed by atoms with E-state index >= 15 is 0 Å². The standard InChI is InChI=1S/C32H41N5O5S/c1-20-26(35-30(39)41-24-8-6-5-7-9-24)17-23(19-33-20)22-10-11-25-27(18-22)43-29(34-25)36-28(38)16-21-12-14-37(15-13-21)31(40)42-32(2,3)4/h10-11,17-19,21,24H,5-9,12-16H2,1-4H3,(H,35,39)(H,34,36,38). The number of rotatable bonds is 6. The third-order valence-corrected chi connectivity index (χ3v) is 8.79. The summed E-state index contributed by atoms with van der Waals surface area (Å²) >= 11 is 1.42. The monoisotopic (exact) mass is 607 g/mol. The molecule has 3 aromatic rings. The third kappa shape index (κ3) is 8.43. The molecule has 3 amide bonds. The van der Waals surface area contributed by atoms with Gasteiger partial charge in [0.2, 0.25) is 5.91 Å². The molecule has 0 spiro atoms. The van der Waals surface area contributed by atoms with Crippen LogP contribution >= 0.6 is 11.3 Å². The van der Waals surface area contributed by atoms with Crippen molar-refractivity contribution in [3.63, 3.8) is 0 Å². The number of aryl methyl sites for hydroxylation is 1. The number of likely N-dealkylation sites (tertiary alicyclic amines) is 1. The summed E-state index contributed by atoms with van der Waals surface area (Å²) in [5, 5.41) is 6.39. The lowest BCUT2D eigenvalue weighted by Crippen LogP contribution is -2.42. The minimum absolute atomic E-state index is 0.0224. The maximum Gasteiger partial charge on any atom is 0.411 e. The Balaban J connectivity index is 1.17. The number of nitrogens with one attached hydrogen (secondary N) is 2. The molecule has 0 unspecified atom stereocenters. The molecule has 1 saturated carbocycles. The highest BCUT2D eigenvalue weighted by atomic mass is 32.1. The molecule has 2 fully saturated rings. The van der Waals surface area contributed by atoms with Gasteiger partial charge in [-0.15, -0.1) is 0 Å². The van der Waals surface area contributed by atoms with Crippen molar-refractivity contribution in [2.24, 2.45) is 5.92 Å². The largest absolute Gasteiger partial charge is 0.446 e. The van der Waals surface area contributed by atoms with Crippen LogP contribution in [-0.2, 0) is 14.3 Å². The van der Waals surface area contributed by atoms with E-state index in [9.17, 15) is 14.4 Å². The molecule has 5 rings (SSSR count). The summed E-state index contributed by atoms with van der Waals surface area (Å²) in [6, 6.07) is 7.81. The topological polar surface area (TPSA) is 123 Å². The molecule has 2 aliphatic rings. The van der Waals surface area contributed by atoms with E-state index in [1.165, 1.54) is 17.8 Å². The van der Waals surface area contributed by atoms with Gasteiger partial charge >= 0.3 is 12.2 Å². The first-order chi connectivity index (χ1) is 20.5. The number of aromatic nitrogens is 2. The zero-order chi connectivity index (χ0) is 30.6. The quantitative estimate of drug-likeness (QED) is 0.297. The molecule has 43 heavy (non-hydrogen) atoms. The molecule has 10 nitrogen and oxygen atoms in total. The Hall–Kier alpha value is -3.73. The number of hydrogen-bond acceptors (Lipinski definition) is 8. The van der Waals surface area contributed by atoms with Gasteiger partial charge in [0.15, 0.2) is 5.13 Å². The van der Waals surface area contributed by atoms with Crippen LogP contribution in [0.4, 0.5) is 20.4 Å². The number of hydrogen-bond donors (Lipinski definition) is 2. The summed E-state index contributed by atoms with van der Waals surface area (Å²) in [6.45, 7) is 8.60. The Morgan fingerprint density at radius 2 is 1.74 bits per heavy atom. The number of piperidine rings is 1. The summed E-state index contributed by atoms with van der Waals surface area (Å²) < 4.78 is 12.0. The maximum atomic E-state index is 12.8. The lowest BCUT2D eigenvalue weighted by atomic mass is 9.93. The van der Waals surface area contributed by atoms with Crippen LogP contribution < -0.4 is 10.6 Å². The van der Waals surface area contributed by atoms with E-state index in [0.717, 1.165) is 59.9 Å². The lowest BCUT2D eigenvalue weighted by Gasteiger charge is -2.33. The zero-order valence-corrected chi connectivity index (χ0v) is 26.2. The highest BCUT2D eigenvalue weighted by molar-refractivity contribution is 7.22. The molecule has 0 bridgehead atoms. The predicted octanol–water partition coefficient (Wildman–Crippen LogP) is 7.52. The lowest BCUT2D eigenvalue weighted by molar-refractivity contribution is -0.117. The van der Waals surface area contributed by atoms with Crippen LogP contribution in [0.3, 0.4) is 0 Å². The second-order valence-electron chi connectivity index (χ2n) is 12.5. The van der Waals surface area contributed by atoms with Crippen LogP contribution in [0, 0.1) is 12.8 Å². The van der Waals surface area contributed by atoms with E-state index < -0.39 is 11.7 Å². The molecule has 1 aliphatic carbocycles. The predicted molar refractivity (Wildman–Crippen MR) is 168 cm³/mol. The summed E-state index contributed by atoms with van der Waals surface area (Å²) in [7, 11) is 0. The van der Waals surface area contributed by atoms with Crippen molar-refractivity contribution in [1.29, 1.82) is 0 Å². The maximum absolute atomic E-state index is 12.8. The number of amides is 3. The minimum Gasteiger partial charge on any atom is -0.446 e. The fourth-order valence-electron chi connectivity index (χ4n) is 5.53. The number of pyridine rings is 1. The third-order valence-electron chi connectivity index (χ3n) is 7.86. The minimum atomic E-state index is -0.521. The van der Waals surface area contributed by atoms with Gasteiger partial charge in [0.25, 0.3) is 0 Å². The molecule has 2 aromatic heterocycles. The van der Waals surface area contributed by atoms with Crippen LogP contribution in [-0.4, -0.2) is 57.8 Å². The van der Waals surface area contributed by atoms with E-state index in [1.54, 1.807) is 11.1 Å². The first-order valence-corrected chi connectivity index (χ1v) is 16.0. The van der Waals surface area contributed by atoms with Gasteiger partial charge in [-0.25, -0.2) is 14.6 Å². The van der Waals surface area contributed by atoms with E-state index in [4.69, 9.17) is 9.47 Å². The molecular formula is C32H41N5O5S. The van der Waals surface area contributed by atoms with Crippen LogP contribution in [0.25, 0.3) is 21.3 Å². The molecule has 2 N–H and O–H groups in total. The van der Waals surface area contributed by atoms with Gasteiger partial charge in [0, 0.05) is 31.3 Å². The number of nitrogens with zero attached hydrogens (tertiary/aromatic N) is 3. The molecule has 1 aromatic carbocycles. The number of thiazole rings is 1. The van der Waals surface area contributed by atoms with Crippen molar-refractivity contribution in [3.8, 4) is 11.1 Å². The fraction of sp³-hybridized carbons (Fsp3) is 0.531. The summed E-state index contributed by atoms with van der Waals surface area (Å²) in [4.78, 5) is 48.5. The van der Waals surface area contributed by atoms with Crippen LogP contribution in [0.5, 0.6) is 0 Å². The first kappa shape index (κ1) is 30.7. The van der Waals surface area contributed by atoms with Gasteiger partial charge in [-0.2, -0.15) is 0 Å². The molecule has 11 heteroatoms. The average molecular weight is 608 g/mol. The highest BCUT2D eigenvalue weighted by Gasteiger charge is 2.28. The van der Waals surface area contributed by atoms with Crippen LogP contribution in [0.1, 0.15) is 77.8 Å². The number of carbonyl (C=O) groups is 3. The van der Waals surface area contributed by atoms with Gasteiger partial charge in [0.05, 0.1) is 21.6 Å². The molecule has 0 radical (unpaired) electrons. The van der Waals surface area contributed by atoms with Gasteiger partial charge < -0.3 is 19.7 Å². The molecular weight excluding hydrogens is 566 g/mol. The Labute approximate surface area is 256 Å². The molecule has 1 aliphatic heterocycles. The van der Waals surface area contributed by atoms with Crippen molar-refractivity contribution < 1.29 is 23.9 Å². The normalized spacial score (nSPS) is 16.6. The SMILES string of the molecule is Cc1ncc(-c2ccc3nc(NC(=O)CC4CCN(C(=O)OC(C)(C)C)CC4)sc3c2)cc1NC(=O)OC1CCCCC1. The van der Waals surface area contributed by atoms with Gasteiger partial charge in [-0.3, -0.25) is 15.1 Å². The number of fused-ring (bicyclic) bond motifs is 1. The Morgan fingerprint density at radius 3 is 2.47 bits per heavy atom. The van der Waals surface area contributed by atoms with E-state index in [1.807, 2.05) is 52.0 Å². The molecule has 0 atom stereocenters. The Morgan fingerprint density at radius 1 is 1.00 bits per heavy atom. The summed E-state index contributed by atoms with van der Waals surface area (Å²) in [6.07, 6.45) is 8.14. The van der Waals surface area contributed by atoms with Gasteiger partial charge in [-0.1, -0.05) is 23.8 Å². The first-order valence-electron chi connectivity index (χ1n) is 15.2. The van der Waals surface area contributed by atoms with E-state index in [2.05, 4.69) is 20.6 Å². The number of benzene rings is 1. The fourth-order valence-corrected chi connectivity index (χ4v) is 6.45. The number of anilines is 2. The van der Waals surface area contributed by atoms with E-state index in [-0.39, 0.29) is 24.0 Å². The Kier molecular flexibility index (Phi) is 9.49. The zero-order valence-electron chi connectivity index (χ0n) is 25.4. The van der Waals surface area contributed by atoms with Crippen molar-refractivity contribution in [2.45, 2.75) is 90.8 Å². The smallest absolute Gasteiger partial charge is 0.411 e. The Bertz CT molecular complexity index is 1470. The highest BCUT2D eigenvalue weighted by Crippen LogP contribution is 2.32. The van der Waals surface area contributed by atoms with Crippen molar-refractivity contribution >= 4 is 50.5 Å². The number of carbonyl (C=O) groups excluding carboxylic acids is 3. The van der Waals surface area contributed by atoms with Crippen LogP contribution in [0.2, 0.25) is 0 Å². The average Bonchev–Trinajstić information content (AvgIpc) is 3.35. The summed E-state index contributed by atoms with van der Waals surface area (Å²) in [5.74, 6) is 0.130. The van der Waals surface area contributed by atoms with Gasteiger partial charge in [-0.05, 0) is 95.9 Å². The summed E-state index contributed by atoms with van der Waals surface area (Å²) in [5.41, 5.74) is 3.40. The van der Waals surface area contributed by atoms with Gasteiger partial charge in [0.1, 0.15) is 11.7 Å². The second-order valence-corrected chi connectivity index (χ2v) is 13.5. The van der Waals surface area contributed by atoms with E-state index in [0.29, 0.717) is 36.0 Å². The molecule has 1 saturated heterocycles. The number of ether oxygens (including phenoxy) is 2. The van der Waals surface area contributed by atoms with Crippen molar-refractivity contribution in [1.82, 2.24) is 14.9 Å². The van der Waals surface area contributed by atoms with Crippen molar-refractivity contribution in [3.05, 3.63) is 36.2 Å².